The molecular weight excluding hydrogens is 172 g/mol. The van der Waals surface area contributed by atoms with Gasteiger partial charge in [-0.3, -0.25) is 0 Å². The lowest BCUT2D eigenvalue weighted by Crippen LogP contribution is -2.33. The maximum atomic E-state index is 10.4. The summed E-state index contributed by atoms with van der Waals surface area (Å²) in [6.07, 6.45) is 9.73. The van der Waals surface area contributed by atoms with Gasteiger partial charge < -0.3 is 5.11 Å². The molecule has 0 heterocycles. The molecule has 1 atom stereocenters. The number of hydrogen-bond donors (Lipinski definition) is 1. The molecule has 0 radical (unpaired) electrons. The van der Waals surface area contributed by atoms with Crippen LogP contribution in [0.5, 0.6) is 0 Å². The lowest BCUT2D eigenvalue weighted by molar-refractivity contribution is 0.0460. The van der Waals surface area contributed by atoms with Gasteiger partial charge in [0.1, 0.15) is 0 Å². The van der Waals surface area contributed by atoms with Gasteiger partial charge in [0.05, 0.1) is 5.60 Å². The fraction of sp³-hybridized carbons (Fsp3) is 0.846. The first-order valence-corrected chi connectivity index (χ1v) is 5.97. The Labute approximate surface area is 88.2 Å². The molecule has 0 saturated heterocycles. The van der Waals surface area contributed by atoms with Crippen molar-refractivity contribution in [2.24, 2.45) is 5.92 Å². The molecule has 0 bridgehead atoms. The zero-order valence-corrected chi connectivity index (χ0v) is 9.84. The Kier molecular flexibility index (Phi) is 4.18. The molecule has 1 aliphatic carbocycles. The van der Waals surface area contributed by atoms with E-state index in [-0.39, 0.29) is 0 Å². The maximum Gasteiger partial charge on any atom is 0.0851 e. The van der Waals surface area contributed by atoms with Crippen LogP contribution in [0.4, 0.5) is 0 Å². The average molecular weight is 196 g/mol. The minimum Gasteiger partial charge on any atom is -0.386 e. The molecular formula is C13H24O. The highest BCUT2D eigenvalue weighted by atomic mass is 16.3. The molecule has 0 aromatic heterocycles. The van der Waals surface area contributed by atoms with Crippen molar-refractivity contribution in [3.05, 3.63) is 11.6 Å². The maximum absolute atomic E-state index is 10.4. The topological polar surface area (TPSA) is 20.2 Å². The summed E-state index contributed by atoms with van der Waals surface area (Å²) >= 11 is 0. The Morgan fingerprint density at radius 1 is 1.21 bits per heavy atom. The molecule has 0 fully saturated rings. The highest BCUT2D eigenvalue weighted by Crippen LogP contribution is 2.31. The molecule has 0 spiro atoms. The van der Waals surface area contributed by atoms with Crippen molar-refractivity contribution in [3.63, 3.8) is 0 Å². The summed E-state index contributed by atoms with van der Waals surface area (Å²) in [4.78, 5) is 0. The van der Waals surface area contributed by atoms with Crippen LogP contribution in [-0.2, 0) is 0 Å². The van der Waals surface area contributed by atoms with Gasteiger partial charge in [-0.15, -0.1) is 0 Å². The van der Waals surface area contributed by atoms with Gasteiger partial charge in [0.15, 0.2) is 0 Å². The summed E-state index contributed by atoms with van der Waals surface area (Å²) in [5, 5.41) is 10.4. The van der Waals surface area contributed by atoms with Gasteiger partial charge in [0.25, 0.3) is 0 Å². The van der Waals surface area contributed by atoms with Gasteiger partial charge >= 0.3 is 0 Å². The van der Waals surface area contributed by atoms with E-state index in [2.05, 4.69) is 19.9 Å². The molecule has 0 aromatic rings. The average Bonchev–Trinajstić information content (AvgIpc) is 2.01. The summed E-state index contributed by atoms with van der Waals surface area (Å²) < 4.78 is 0. The number of rotatable bonds is 2. The van der Waals surface area contributed by atoms with Crippen molar-refractivity contribution in [2.75, 3.05) is 0 Å². The minimum absolute atomic E-state index is 0.313. The standard InChI is InChI=1S/C13H24O/c1-11(2)13(3,14)12-9-7-5-4-6-8-10-12/h9,11,14H,4-8,10H2,1-3H3. The summed E-state index contributed by atoms with van der Waals surface area (Å²) in [6.45, 7) is 6.16. The van der Waals surface area contributed by atoms with Crippen molar-refractivity contribution in [2.45, 2.75) is 64.9 Å². The van der Waals surface area contributed by atoms with Gasteiger partial charge in [-0.1, -0.05) is 32.8 Å². The summed E-state index contributed by atoms with van der Waals surface area (Å²) in [7, 11) is 0. The second-order valence-corrected chi connectivity index (χ2v) is 4.98. The van der Waals surface area contributed by atoms with E-state index in [1.165, 1.54) is 31.3 Å². The highest BCUT2D eigenvalue weighted by molar-refractivity contribution is 5.16. The van der Waals surface area contributed by atoms with Crippen molar-refractivity contribution < 1.29 is 5.11 Å². The van der Waals surface area contributed by atoms with Crippen LogP contribution in [0.25, 0.3) is 0 Å². The van der Waals surface area contributed by atoms with Crippen molar-refractivity contribution in [1.82, 2.24) is 0 Å². The van der Waals surface area contributed by atoms with E-state index < -0.39 is 5.60 Å². The van der Waals surface area contributed by atoms with Crippen LogP contribution in [0, 0.1) is 5.92 Å². The third kappa shape index (κ3) is 2.84. The predicted octanol–water partition coefficient (Wildman–Crippen LogP) is 3.67. The Hall–Kier alpha value is -0.300. The normalized spacial score (nSPS) is 23.6. The Balaban J connectivity index is 2.72. The molecule has 0 amide bonds. The molecule has 0 aromatic carbocycles. The molecule has 14 heavy (non-hydrogen) atoms. The number of aliphatic hydroxyl groups is 1. The second-order valence-electron chi connectivity index (χ2n) is 4.98. The summed E-state index contributed by atoms with van der Waals surface area (Å²) in [5.41, 5.74) is 0.685. The van der Waals surface area contributed by atoms with Gasteiger partial charge in [-0.25, -0.2) is 0 Å². The largest absolute Gasteiger partial charge is 0.386 e. The lowest BCUT2D eigenvalue weighted by atomic mass is 9.81. The Morgan fingerprint density at radius 3 is 2.50 bits per heavy atom. The van der Waals surface area contributed by atoms with Crippen LogP contribution >= 0.6 is 0 Å². The minimum atomic E-state index is -0.586. The molecule has 1 unspecified atom stereocenters. The summed E-state index contributed by atoms with van der Waals surface area (Å²) in [6, 6.07) is 0. The van der Waals surface area contributed by atoms with E-state index in [0.29, 0.717) is 5.92 Å². The first-order valence-electron chi connectivity index (χ1n) is 5.97. The molecule has 0 aliphatic heterocycles. The molecule has 0 saturated carbocycles. The monoisotopic (exact) mass is 196 g/mol. The molecule has 1 N–H and O–H groups in total. The van der Waals surface area contributed by atoms with Gasteiger partial charge in [-0.2, -0.15) is 0 Å². The zero-order chi connectivity index (χ0) is 10.6. The van der Waals surface area contributed by atoms with Crippen LogP contribution in [0.2, 0.25) is 0 Å². The van der Waals surface area contributed by atoms with Crippen molar-refractivity contribution in [1.29, 1.82) is 0 Å². The van der Waals surface area contributed by atoms with Gasteiger partial charge in [0.2, 0.25) is 0 Å². The van der Waals surface area contributed by atoms with E-state index in [4.69, 9.17) is 0 Å². The predicted molar refractivity (Wildman–Crippen MR) is 61.2 cm³/mol. The van der Waals surface area contributed by atoms with E-state index in [9.17, 15) is 5.11 Å². The molecule has 1 rings (SSSR count). The fourth-order valence-electron chi connectivity index (χ4n) is 2.02. The third-order valence-electron chi connectivity index (χ3n) is 3.57. The van der Waals surface area contributed by atoms with Crippen LogP contribution in [0.1, 0.15) is 59.3 Å². The zero-order valence-electron chi connectivity index (χ0n) is 9.84. The van der Waals surface area contributed by atoms with E-state index in [1.807, 2.05) is 6.92 Å². The van der Waals surface area contributed by atoms with Crippen LogP contribution in [-0.4, -0.2) is 10.7 Å². The third-order valence-corrected chi connectivity index (χ3v) is 3.57. The molecule has 1 aliphatic rings. The van der Waals surface area contributed by atoms with E-state index >= 15 is 0 Å². The van der Waals surface area contributed by atoms with E-state index in [1.54, 1.807) is 0 Å². The molecule has 1 nitrogen and oxygen atoms in total. The Morgan fingerprint density at radius 2 is 1.86 bits per heavy atom. The van der Waals surface area contributed by atoms with Gasteiger partial charge in [0, 0.05) is 0 Å². The SMILES string of the molecule is CC(C)C(C)(O)C1=CCCCCCC1. The van der Waals surface area contributed by atoms with Crippen LogP contribution < -0.4 is 0 Å². The fourth-order valence-corrected chi connectivity index (χ4v) is 2.02. The number of hydrogen-bond acceptors (Lipinski definition) is 1. The van der Waals surface area contributed by atoms with Crippen molar-refractivity contribution in [3.8, 4) is 0 Å². The number of allylic oxidation sites excluding steroid dienone is 1. The second kappa shape index (κ2) is 4.97. The Bertz CT molecular complexity index is 201. The summed E-state index contributed by atoms with van der Waals surface area (Å²) in [5.74, 6) is 0.313. The van der Waals surface area contributed by atoms with Gasteiger partial charge in [-0.05, 0) is 44.1 Å². The molecule has 1 heteroatoms. The van der Waals surface area contributed by atoms with Crippen LogP contribution in [0.3, 0.4) is 0 Å². The first-order chi connectivity index (χ1) is 6.55. The van der Waals surface area contributed by atoms with Crippen LogP contribution in [0.15, 0.2) is 11.6 Å². The molecule has 82 valence electrons. The highest BCUT2D eigenvalue weighted by Gasteiger charge is 2.29. The first kappa shape index (κ1) is 11.8. The smallest absolute Gasteiger partial charge is 0.0851 e. The van der Waals surface area contributed by atoms with E-state index in [0.717, 1.165) is 12.8 Å². The quantitative estimate of drug-likeness (QED) is 0.668. The lowest BCUT2D eigenvalue weighted by Gasteiger charge is -2.32. The van der Waals surface area contributed by atoms with Crippen molar-refractivity contribution >= 4 is 0 Å².